The first kappa shape index (κ1) is 26.1. The van der Waals surface area contributed by atoms with Gasteiger partial charge in [0.25, 0.3) is 0 Å². The van der Waals surface area contributed by atoms with Gasteiger partial charge in [0.05, 0.1) is 37.4 Å². The first-order chi connectivity index (χ1) is 17.4. The van der Waals surface area contributed by atoms with E-state index in [1.54, 1.807) is 42.6 Å². The first-order valence-corrected chi connectivity index (χ1v) is 11.1. The highest BCUT2D eigenvalue weighted by Gasteiger charge is 2.14. The van der Waals surface area contributed by atoms with Crippen molar-refractivity contribution in [2.45, 2.75) is 19.0 Å². The van der Waals surface area contributed by atoms with Gasteiger partial charge in [-0.3, -0.25) is 0 Å². The lowest BCUT2D eigenvalue weighted by Gasteiger charge is -2.21. The number of nitriles is 1. The number of likely N-dealkylation sites (N-methyl/N-ethyl adjacent to an activating group) is 1. The summed E-state index contributed by atoms with van der Waals surface area (Å²) < 4.78 is 15.9. The van der Waals surface area contributed by atoms with Crippen molar-refractivity contribution >= 4 is 23.5 Å². The molecule has 1 atom stereocenters. The summed E-state index contributed by atoms with van der Waals surface area (Å²) in [5.41, 5.74) is 2.55. The van der Waals surface area contributed by atoms with Gasteiger partial charge in [0.1, 0.15) is 12.4 Å². The lowest BCUT2D eigenvalue weighted by atomic mass is 10.1. The van der Waals surface area contributed by atoms with Crippen molar-refractivity contribution in [3.8, 4) is 23.1 Å². The Morgan fingerprint density at radius 3 is 2.61 bits per heavy atom. The maximum Gasteiger partial charge on any atom is 0.407 e. The number of carbonyl (C=O) groups is 2. The van der Waals surface area contributed by atoms with Crippen molar-refractivity contribution < 1.29 is 23.5 Å². The smallest absolute Gasteiger partial charge is 0.407 e. The summed E-state index contributed by atoms with van der Waals surface area (Å²) in [5, 5.41) is 17.1. The maximum atomic E-state index is 12.5. The SMILES string of the molecule is COc1cc(NC(=O)Nc2cccc(CNC(=O)OC[C@H](CC#N)N(C)C)c2)ccc1-c1cnco1. The van der Waals surface area contributed by atoms with E-state index in [0.29, 0.717) is 28.4 Å². The van der Waals surface area contributed by atoms with Gasteiger partial charge in [0.2, 0.25) is 0 Å². The number of ether oxygens (including phenoxy) is 2. The first-order valence-electron chi connectivity index (χ1n) is 11.1. The van der Waals surface area contributed by atoms with Gasteiger partial charge < -0.3 is 34.7 Å². The molecule has 11 heteroatoms. The van der Waals surface area contributed by atoms with Crippen molar-refractivity contribution in [3.05, 3.63) is 60.6 Å². The molecule has 0 aliphatic carbocycles. The fourth-order valence-corrected chi connectivity index (χ4v) is 3.27. The van der Waals surface area contributed by atoms with Crippen LogP contribution in [0.3, 0.4) is 0 Å². The molecule has 0 radical (unpaired) electrons. The summed E-state index contributed by atoms with van der Waals surface area (Å²) in [6.07, 6.45) is 2.58. The largest absolute Gasteiger partial charge is 0.496 e. The molecule has 1 aromatic heterocycles. The van der Waals surface area contributed by atoms with Crippen LogP contribution < -0.4 is 20.7 Å². The molecular weight excluding hydrogens is 464 g/mol. The van der Waals surface area contributed by atoms with E-state index in [9.17, 15) is 9.59 Å². The lowest BCUT2D eigenvalue weighted by molar-refractivity contribution is 0.111. The topological polar surface area (TPSA) is 142 Å². The van der Waals surface area contributed by atoms with Crippen LogP contribution in [-0.4, -0.2) is 55.9 Å². The number of benzene rings is 2. The summed E-state index contributed by atoms with van der Waals surface area (Å²) in [6, 6.07) is 13.7. The van der Waals surface area contributed by atoms with Crippen molar-refractivity contribution in [1.82, 2.24) is 15.2 Å². The highest BCUT2D eigenvalue weighted by molar-refractivity contribution is 6.00. The number of nitrogens with one attached hydrogen (secondary N) is 3. The summed E-state index contributed by atoms with van der Waals surface area (Å²) in [7, 11) is 5.17. The number of aromatic nitrogens is 1. The highest BCUT2D eigenvalue weighted by atomic mass is 16.5. The monoisotopic (exact) mass is 492 g/mol. The number of urea groups is 1. The molecule has 36 heavy (non-hydrogen) atoms. The molecule has 188 valence electrons. The van der Waals surface area contributed by atoms with E-state index in [4.69, 9.17) is 19.2 Å². The van der Waals surface area contributed by atoms with Crippen LogP contribution >= 0.6 is 0 Å². The van der Waals surface area contributed by atoms with E-state index in [1.165, 1.54) is 13.5 Å². The number of methoxy groups -OCH3 is 1. The Balaban J connectivity index is 1.52. The van der Waals surface area contributed by atoms with Gasteiger partial charge in [-0.2, -0.15) is 5.26 Å². The predicted molar refractivity (Wildman–Crippen MR) is 133 cm³/mol. The van der Waals surface area contributed by atoms with Crippen LogP contribution in [0, 0.1) is 11.3 Å². The minimum atomic E-state index is -0.585. The van der Waals surface area contributed by atoms with Crippen LogP contribution in [-0.2, 0) is 11.3 Å². The van der Waals surface area contributed by atoms with Gasteiger partial charge in [-0.05, 0) is 43.9 Å². The number of hydrogen-bond donors (Lipinski definition) is 3. The van der Waals surface area contributed by atoms with Gasteiger partial charge in [-0.25, -0.2) is 14.6 Å². The third-order valence-corrected chi connectivity index (χ3v) is 5.24. The zero-order chi connectivity index (χ0) is 25.9. The zero-order valence-electron chi connectivity index (χ0n) is 20.3. The number of rotatable bonds is 10. The third-order valence-electron chi connectivity index (χ3n) is 5.24. The molecule has 0 bridgehead atoms. The lowest BCUT2D eigenvalue weighted by Crippen LogP contribution is -2.35. The minimum absolute atomic E-state index is 0.109. The second-order valence-electron chi connectivity index (χ2n) is 7.99. The average Bonchev–Trinajstić information content (AvgIpc) is 3.40. The van der Waals surface area contributed by atoms with E-state index < -0.39 is 12.1 Å². The van der Waals surface area contributed by atoms with Crippen LogP contribution in [0.1, 0.15) is 12.0 Å². The number of anilines is 2. The Labute approximate surface area is 209 Å². The number of carbonyl (C=O) groups excluding carboxylic acids is 2. The second-order valence-corrected chi connectivity index (χ2v) is 7.99. The van der Waals surface area contributed by atoms with Crippen LogP contribution in [0.2, 0.25) is 0 Å². The van der Waals surface area contributed by atoms with Crippen LogP contribution in [0.5, 0.6) is 5.75 Å². The molecular formula is C25H28N6O5. The maximum absolute atomic E-state index is 12.5. The van der Waals surface area contributed by atoms with Crippen molar-refractivity contribution in [3.63, 3.8) is 0 Å². The Hall–Kier alpha value is -4.56. The molecule has 0 unspecified atom stereocenters. The van der Waals surface area contributed by atoms with E-state index in [1.807, 2.05) is 25.1 Å². The number of hydrogen-bond acceptors (Lipinski definition) is 8. The van der Waals surface area contributed by atoms with Crippen molar-refractivity contribution in [1.29, 1.82) is 5.26 Å². The number of nitrogens with zero attached hydrogens (tertiary/aromatic N) is 3. The van der Waals surface area contributed by atoms with E-state index in [2.05, 4.69) is 27.0 Å². The summed E-state index contributed by atoms with van der Waals surface area (Å²) >= 11 is 0. The number of amides is 3. The Kier molecular flexibility index (Phi) is 9.25. The molecule has 0 saturated heterocycles. The molecule has 3 rings (SSSR count). The molecule has 0 spiro atoms. The highest BCUT2D eigenvalue weighted by Crippen LogP contribution is 2.32. The van der Waals surface area contributed by atoms with Crippen molar-refractivity contribution in [2.75, 3.05) is 38.4 Å². The fourth-order valence-electron chi connectivity index (χ4n) is 3.27. The van der Waals surface area contributed by atoms with Crippen LogP contribution in [0.15, 0.2) is 59.5 Å². The molecule has 0 fully saturated rings. The molecule has 3 N–H and O–H groups in total. The van der Waals surface area contributed by atoms with Gasteiger partial charge in [0, 0.05) is 24.0 Å². The fraction of sp³-hybridized carbons (Fsp3) is 0.280. The molecule has 3 amide bonds. The standard InChI is InChI=1S/C25H28N6O5/c1-31(2)20(9-10-26)15-35-25(33)28-13-17-5-4-6-18(11-17)29-24(32)30-19-7-8-21(22(12-19)34-3)23-14-27-16-36-23/h4-8,11-12,14,16,20H,9,13,15H2,1-3H3,(H,28,33)(H2,29,30,32)/t20-/m0/s1. The second kappa shape index (κ2) is 12.8. The van der Waals surface area contributed by atoms with Gasteiger partial charge in [0.15, 0.2) is 12.2 Å². The summed E-state index contributed by atoms with van der Waals surface area (Å²) in [6.45, 7) is 0.319. The summed E-state index contributed by atoms with van der Waals surface area (Å²) in [4.78, 5) is 30.3. The van der Waals surface area contributed by atoms with E-state index in [0.717, 1.165) is 5.56 Å². The zero-order valence-corrected chi connectivity index (χ0v) is 20.3. The Bertz CT molecular complexity index is 1210. The Morgan fingerprint density at radius 2 is 1.94 bits per heavy atom. The Morgan fingerprint density at radius 1 is 1.17 bits per heavy atom. The minimum Gasteiger partial charge on any atom is -0.496 e. The quantitative estimate of drug-likeness (QED) is 0.385. The van der Waals surface area contributed by atoms with E-state index >= 15 is 0 Å². The van der Waals surface area contributed by atoms with Crippen LogP contribution in [0.25, 0.3) is 11.3 Å². The molecule has 0 aliphatic rings. The normalized spacial score (nSPS) is 11.3. The van der Waals surface area contributed by atoms with Gasteiger partial charge in [-0.15, -0.1) is 0 Å². The summed E-state index contributed by atoms with van der Waals surface area (Å²) in [5.74, 6) is 1.07. The van der Waals surface area contributed by atoms with Crippen molar-refractivity contribution in [2.24, 2.45) is 0 Å². The third kappa shape index (κ3) is 7.48. The average molecular weight is 493 g/mol. The predicted octanol–water partition coefficient (Wildman–Crippen LogP) is 4.06. The molecule has 0 aliphatic heterocycles. The number of alkyl carbamates (subject to hydrolysis) is 1. The molecule has 0 saturated carbocycles. The molecule has 11 nitrogen and oxygen atoms in total. The molecule has 2 aromatic carbocycles. The van der Waals surface area contributed by atoms with Crippen LogP contribution in [0.4, 0.5) is 21.0 Å². The molecule has 3 aromatic rings. The van der Waals surface area contributed by atoms with Gasteiger partial charge in [-0.1, -0.05) is 12.1 Å². The number of oxazole rings is 1. The van der Waals surface area contributed by atoms with E-state index in [-0.39, 0.29) is 25.6 Å². The molecule has 1 heterocycles. The van der Waals surface area contributed by atoms with Gasteiger partial charge >= 0.3 is 12.1 Å².